The van der Waals surface area contributed by atoms with Crippen LogP contribution in [0.5, 0.6) is 0 Å². The molecule has 0 aliphatic carbocycles. The van der Waals surface area contributed by atoms with Gasteiger partial charge in [-0.2, -0.15) is 0 Å². The van der Waals surface area contributed by atoms with Crippen LogP contribution in [0.15, 0.2) is 18.2 Å². The number of hydrogen-bond acceptors (Lipinski definition) is 5. The Labute approximate surface area is 128 Å². The lowest BCUT2D eigenvalue weighted by Gasteiger charge is -2.36. The summed E-state index contributed by atoms with van der Waals surface area (Å²) in [5.41, 5.74) is 6.09. The van der Waals surface area contributed by atoms with Crippen LogP contribution in [0.2, 0.25) is 5.02 Å². The predicted octanol–water partition coefficient (Wildman–Crippen LogP) is 2.42. The van der Waals surface area contributed by atoms with Crippen LogP contribution in [-0.2, 0) is 14.2 Å². The van der Waals surface area contributed by atoms with E-state index in [0.717, 1.165) is 6.42 Å². The number of carbonyl (C=O) groups excluding carboxylic acids is 1. The summed E-state index contributed by atoms with van der Waals surface area (Å²) in [5, 5.41) is 0.311. The van der Waals surface area contributed by atoms with Gasteiger partial charge in [0.05, 0.1) is 23.8 Å². The molecule has 1 aromatic rings. The molecule has 5 nitrogen and oxygen atoms in total. The number of nitrogens with two attached hydrogens (primary N) is 1. The molecule has 1 aromatic carbocycles. The first-order valence-electron chi connectivity index (χ1n) is 7.06. The Bertz CT molecular complexity index is 522. The number of anilines is 1. The largest absolute Gasteiger partial charge is 0.458 e. The highest BCUT2D eigenvalue weighted by Gasteiger charge is 2.42. The van der Waals surface area contributed by atoms with E-state index < -0.39 is 5.97 Å². The van der Waals surface area contributed by atoms with Gasteiger partial charge in [-0.15, -0.1) is 0 Å². The maximum Gasteiger partial charge on any atom is 0.342 e. The minimum Gasteiger partial charge on any atom is -0.458 e. The summed E-state index contributed by atoms with van der Waals surface area (Å²) < 4.78 is 16.8. The van der Waals surface area contributed by atoms with Crippen LogP contribution in [-0.4, -0.2) is 37.5 Å². The zero-order valence-corrected chi connectivity index (χ0v) is 12.4. The third-order valence-electron chi connectivity index (χ3n) is 4.04. The van der Waals surface area contributed by atoms with Crippen LogP contribution in [0.25, 0.3) is 0 Å². The Balaban J connectivity index is 1.70. The van der Waals surface area contributed by atoms with Crippen molar-refractivity contribution in [3.63, 3.8) is 0 Å². The fourth-order valence-corrected chi connectivity index (χ4v) is 3.17. The Morgan fingerprint density at radius 2 is 2.29 bits per heavy atom. The van der Waals surface area contributed by atoms with Crippen LogP contribution in [0.3, 0.4) is 0 Å². The first kappa shape index (κ1) is 14.6. The quantitative estimate of drug-likeness (QED) is 0.671. The smallest absolute Gasteiger partial charge is 0.342 e. The molecule has 2 aliphatic rings. The summed E-state index contributed by atoms with van der Waals surface area (Å²) in [5.74, 6) is -0.473. The maximum atomic E-state index is 12.3. The maximum absolute atomic E-state index is 12.3. The highest BCUT2D eigenvalue weighted by atomic mass is 35.5. The lowest BCUT2D eigenvalue weighted by atomic mass is 9.91. The second kappa shape index (κ2) is 5.83. The number of ether oxygens (including phenoxy) is 3. The van der Waals surface area contributed by atoms with Crippen molar-refractivity contribution in [1.82, 2.24) is 0 Å². The van der Waals surface area contributed by atoms with Gasteiger partial charge in [-0.3, -0.25) is 0 Å². The first-order chi connectivity index (χ1) is 10.1. The summed E-state index contributed by atoms with van der Waals surface area (Å²) in [6.45, 7) is 1.83. The molecular formula is C15H18ClNO4. The van der Waals surface area contributed by atoms with Crippen molar-refractivity contribution < 1.29 is 19.0 Å². The third-order valence-corrected chi connectivity index (χ3v) is 4.35. The second-order valence-electron chi connectivity index (χ2n) is 5.56. The van der Waals surface area contributed by atoms with Crippen LogP contribution in [0.1, 0.15) is 29.6 Å². The molecule has 1 spiro atoms. The molecule has 2 saturated heterocycles. The van der Waals surface area contributed by atoms with Crippen molar-refractivity contribution in [3.8, 4) is 0 Å². The van der Waals surface area contributed by atoms with E-state index in [0.29, 0.717) is 43.4 Å². The Morgan fingerprint density at radius 1 is 1.43 bits per heavy atom. The highest BCUT2D eigenvalue weighted by Crippen LogP contribution is 2.34. The van der Waals surface area contributed by atoms with E-state index in [-0.39, 0.29) is 17.3 Å². The van der Waals surface area contributed by atoms with E-state index in [1.807, 2.05) is 0 Å². The van der Waals surface area contributed by atoms with Crippen LogP contribution >= 0.6 is 11.6 Å². The first-order valence-corrected chi connectivity index (χ1v) is 7.44. The Kier molecular flexibility index (Phi) is 4.06. The Hall–Kier alpha value is -1.30. The van der Waals surface area contributed by atoms with Gasteiger partial charge in [-0.05, 0) is 12.1 Å². The number of rotatable bonds is 2. The van der Waals surface area contributed by atoms with E-state index in [2.05, 4.69) is 0 Å². The second-order valence-corrected chi connectivity index (χ2v) is 5.97. The van der Waals surface area contributed by atoms with E-state index in [4.69, 9.17) is 31.5 Å². The number of hydrogen-bond donors (Lipinski definition) is 1. The number of esters is 1. The molecule has 0 saturated carbocycles. The molecule has 6 heteroatoms. The standard InChI is InChI=1S/C15H18ClNO4/c16-11-2-1-3-12(17)13(11)14(18)21-10-4-6-20-15(8-10)5-7-19-9-15/h1-3,10H,4-9,17H2. The molecule has 0 amide bonds. The predicted molar refractivity (Wildman–Crippen MR) is 78.4 cm³/mol. The van der Waals surface area contributed by atoms with Gasteiger partial charge >= 0.3 is 5.97 Å². The highest BCUT2D eigenvalue weighted by molar-refractivity contribution is 6.34. The molecule has 2 fully saturated rings. The topological polar surface area (TPSA) is 70.8 Å². The molecule has 0 bridgehead atoms. The average Bonchev–Trinajstić information content (AvgIpc) is 2.86. The summed E-state index contributed by atoms with van der Waals surface area (Å²) in [4.78, 5) is 12.3. The van der Waals surface area contributed by atoms with Gasteiger partial charge in [0.2, 0.25) is 0 Å². The zero-order valence-electron chi connectivity index (χ0n) is 11.6. The molecule has 3 rings (SSSR count). The van der Waals surface area contributed by atoms with Crippen molar-refractivity contribution >= 4 is 23.3 Å². The number of halogens is 1. The summed E-state index contributed by atoms with van der Waals surface area (Å²) in [6, 6.07) is 4.97. The fraction of sp³-hybridized carbons (Fsp3) is 0.533. The van der Waals surface area contributed by atoms with Crippen molar-refractivity contribution in [3.05, 3.63) is 28.8 Å². The molecular weight excluding hydrogens is 294 g/mol. The van der Waals surface area contributed by atoms with Crippen LogP contribution < -0.4 is 5.73 Å². The molecule has 2 unspecified atom stereocenters. The number of nitrogen functional groups attached to an aromatic ring is 1. The van der Waals surface area contributed by atoms with E-state index >= 15 is 0 Å². The van der Waals surface area contributed by atoms with E-state index in [1.54, 1.807) is 18.2 Å². The monoisotopic (exact) mass is 311 g/mol. The van der Waals surface area contributed by atoms with Crippen molar-refractivity contribution in [2.24, 2.45) is 0 Å². The summed E-state index contributed by atoms with van der Waals surface area (Å²) in [7, 11) is 0. The lowest BCUT2D eigenvalue weighted by molar-refractivity contribution is -0.120. The molecule has 2 heterocycles. The molecule has 114 valence electrons. The van der Waals surface area contributed by atoms with Gasteiger partial charge in [0.25, 0.3) is 0 Å². The normalized spacial score (nSPS) is 28.7. The lowest BCUT2D eigenvalue weighted by Crippen LogP contribution is -2.43. The van der Waals surface area contributed by atoms with Gasteiger partial charge < -0.3 is 19.9 Å². The third kappa shape index (κ3) is 3.00. The van der Waals surface area contributed by atoms with Crippen LogP contribution in [0.4, 0.5) is 5.69 Å². The summed E-state index contributed by atoms with van der Waals surface area (Å²) in [6.07, 6.45) is 1.99. The average molecular weight is 312 g/mol. The van der Waals surface area contributed by atoms with Crippen molar-refractivity contribution in [2.75, 3.05) is 25.6 Å². The van der Waals surface area contributed by atoms with Gasteiger partial charge in [-0.25, -0.2) is 4.79 Å². The number of carbonyl (C=O) groups is 1. The molecule has 2 atom stereocenters. The minimum atomic E-state index is -0.473. The van der Waals surface area contributed by atoms with E-state index in [1.165, 1.54) is 0 Å². The summed E-state index contributed by atoms with van der Waals surface area (Å²) >= 11 is 6.04. The van der Waals surface area contributed by atoms with Crippen LogP contribution in [0, 0.1) is 0 Å². The molecule has 0 radical (unpaired) electrons. The van der Waals surface area contributed by atoms with E-state index in [9.17, 15) is 4.79 Å². The van der Waals surface area contributed by atoms with Crippen molar-refractivity contribution in [2.45, 2.75) is 31.0 Å². The molecule has 21 heavy (non-hydrogen) atoms. The SMILES string of the molecule is Nc1cccc(Cl)c1C(=O)OC1CCOC2(CCOC2)C1. The fourth-order valence-electron chi connectivity index (χ4n) is 2.91. The molecule has 2 aliphatic heterocycles. The number of benzene rings is 1. The van der Waals surface area contributed by atoms with Gasteiger partial charge in [0.1, 0.15) is 11.7 Å². The van der Waals surface area contributed by atoms with Crippen molar-refractivity contribution in [1.29, 1.82) is 0 Å². The Morgan fingerprint density at radius 3 is 3.00 bits per heavy atom. The molecule has 0 aromatic heterocycles. The molecule has 2 N–H and O–H groups in total. The van der Waals surface area contributed by atoms with Gasteiger partial charge in [0.15, 0.2) is 0 Å². The van der Waals surface area contributed by atoms with Gasteiger partial charge in [-0.1, -0.05) is 17.7 Å². The minimum absolute atomic E-state index is 0.191. The zero-order chi connectivity index (χ0) is 14.9. The van der Waals surface area contributed by atoms with Gasteiger partial charge in [0, 0.05) is 31.6 Å².